The number of nitrogens with zero attached hydrogens (tertiary/aromatic N) is 2. The third-order valence-corrected chi connectivity index (χ3v) is 3.21. The molecule has 0 saturated carbocycles. The van der Waals surface area contributed by atoms with E-state index in [9.17, 15) is 0 Å². The van der Waals surface area contributed by atoms with Gasteiger partial charge in [0.1, 0.15) is 0 Å². The second-order valence-electron chi connectivity index (χ2n) is 4.53. The van der Waals surface area contributed by atoms with Gasteiger partial charge in [-0.25, -0.2) is 0 Å². The van der Waals surface area contributed by atoms with Crippen molar-refractivity contribution in [2.24, 2.45) is 12.0 Å². The molecule has 2 N–H and O–H groups in total. The minimum atomic E-state index is 0.694. The molecule has 0 amide bonds. The Morgan fingerprint density at radius 2 is 1.79 bits per heavy atom. The van der Waals surface area contributed by atoms with E-state index >= 15 is 0 Å². The maximum absolute atomic E-state index is 5.88. The molecule has 0 aliphatic rings. The second kappa shape index (κ2) is 4.61. The van der Waals surface area contributed by atoms with E-state index in [1.165, 1.54) is 10.9 Å². The molecule has 1 aromatic heterocycles. The summed E-state index contributed by atoms with van der Waals surface area (Å²) in [5.74, 6) is 0. The minimum absolute atomic E-state index is 0.694. The molecule has 0 unspecified atom stereocenters. The number of aliphatic imine (C=N–C) groups is 1. The van der Waals surface area contributed by atoms with Crippen LogP contribution in [0.15, 0.2) is 59.7 Å². The quantitative estimate of drug-likeness (QED) is 0.548. The number of nitrogen functional groups attached to an aromatic ring is 1. The molecule has 0 aliphatic heterocycles. The predicted molar refractivity (Wildman–Crippen MR) is 81.0 cm³/mol. The van der Waals surface area contributed by atoms with Crippen molar-refractivity contribution in [3.8, 4) is 0 Å². The molecule has 0 fully saturated rings. The highest BCUT2D eigenvalue weighted by Crippen LogP contribution is 2.22. The van der Waals surface area contributed by atoms with Gasteiger partial charge in [-0.3, -0.25) is 4.99 Å². The Kier molecular flexibility index (Phi) is 2.80. The van der Waals surface area contributed by atoms with Gasteiger partial charge in [-0.1, -0.05) is 30.3 Å². The Balaban J connectivity index is 2.05. The highest BCUT2D eigenvalue weighted by molar-refractivity contribution is 6.00. The summed E-state index contributed by atoms with van der Waals surface area (Å²) in [6.07, 6.45) is 3.95. The normalized spacial score (nSPS) is 11.4. The molecular weight excluding hydrogens is 234 g/mol. The molecule has 0 radical (unpaired) electrons. The number of aromatic nitrogens is 1. The first-order valence-corrected chi connectivity index (χ1v) is 6.18. The average molecular weight is 249 g/mol. The van der Waals surface area contributed by atoms with Gasteiger partial charge < -0.3 is 10.3 Å². The third-order valence-electron chi connectivity index (χ3n) is 3.21. The van der Waals surface area contributed by atoms with E-state index in [-0.39, 0.29) is 0 Å². The first-order chi connectivity index (χ1) is 9.25. The van der Waals surface area contributed by atoms with Crippen LogP contribution in [0.25, 0.3) is 10.9 Å². The van der Waals surface area contributed by atoms with Crippen LogP contribution in [0.1, 0.15) is 5.56 Å². The van der Waals surface area contributed by atoms with Gasteiger partial charge in [-0.15, -0.1) is 0 Å². The summed E-state index contributed by atoms with van der Waals surface area (Å²) in [5.41, 5.74) is 9.68. The third kappa shape index (κ3) is 2.10. The van der Waals surface area contributed by atoms with Crippen molar-refractivity contribution in [3.05, 3.63) is 60.3 Å². The summed E-state index contributed by atoms with van der Waals surface area (Å²) in [4.78, 5) is 4.48. The van der Waals surface area contributed by atoms with E-state index in [4.69, 9.17) is 5.73 Å². The number of nitrogens with two attached hydrogens (primary N) is 1. The van der Waals surface area contributed by atoms with E-state index in [1.54, 1.807) is 0 Å². The van der Waals surface area contributed by atoms with E-state index in [1.807, 2.05) is 49.7 Å². The predicted octanol–water partition coefficient (Wildman–Crippen LogP) is 3.51. The first kappa shape index (κ1) is 11.5. The van der Waals surface area contributed by atoms with Gasteiger partial charge in [0.25, 0.3) is 0 Å². The SMILES string of the molecule is Cn1cc(C=Nc2ccccc2N)c2ccccc21. The molecule has 0 saturated heterocycles. The van der Waals surface area contributed by atoms with Crippen LogP contribution in [-0.2, 0) is 7.05 Å². The van der Waals surface area contributed by atoms with Gasteiger partial charge in [-0.2, -0.15) is 0 Å². The fourth-order valence-corrected chi connectivity index (χ4v) is 2.22. The largest absolute Gasteiger partial charge is 0.397 e. The molecule has 0 spiro atoms. The number of aryl methyl sites for hydroxylation is 1. The lowest BCUT2D eigenvalue weighted by Gasteiger charge is -1.97. The van der Waals surface area contributed by atoms with Gasteiger partial charge in [0.15, 0.2) is 0 Å². The van der Waals surface area contributed by atoms with Crippen LogP contribution in [-0.4, -0.2) is 10.8 Å². The zero-order chi connectivity index (χ0) is 13.2. The van der Waals surface area contributed by atoms with Crippen molar-refractivity contribution < 1.29 is 0 Å². The molecule has 3 aromatic rings. The summed E-state index contributed by atoms with van der Waals surface area (Å²) in [7, 11) is 2.04. The van der Waals surface area contributed by atoms with E-state index < -0.39 is 0 Å². The number of para-hydroxylation sites is 3. The van der Waals surface area contributed by atoms with Crippen LogP contribution in [0.4, 0.5) is 11.4 Å². The summed E-state index contributed by atoms with van der Waals surface area (Å²) < 4.78 is 2.10. The first-order valence-electron chi connectivity index (χ1n) is 6.18. The molecule has 1 heterocycles. The molecular formula is C16H15N3. The number of fused-ring (bicyclic) bond motifs is 1. The van der Waals surface area contributed by atoms with Crippen LogP contribution in [0, 0.1) is 0 Å². The number of hydrogen-bond donors (Lipinski definition) is 1. The maximum Gasteiger partial charge on any atom is 0.0859 e. The van der Waals surface area contributed by atoms with Gasteiger partial charge in [0.2, 0.25) is 0 Å². The van der Waals surface area contributed by atoms with Gasteiger partial charge in [0.05, 0.1) is 11.4 Å². The number of hydrogen-bond acceptors (Lipinski definition) is 2. The van der Waals surface area contributed by atoms with Gasteiger partial charge >= 0.3 is 0 Å². The van der Waals surface area contributed by atoms with Crippen molar-refractivity contribution >= 4 is 28.5 Å². The Labute approximate surface area is 112 Å². The average Bonchev–Trinajstić information content (AvgIpc) is 2.75. The zero-order valence-corrected chi connectivity index (χ0v) is 10.7. The van der Waals surface area contributed by atoms with Crippen LogP contribution >= 0.6 is 0 Å². The topological polar surface area (TPSA) is 43.3 Å². The lowest BCUT2D eigenvalue weighted by molar-refractivity contribution is 0.968. The van der Waals surface area contributed by atoms with E-state index in [0.29, 0.717) is 5.69 Å². The molecule has 3 heteroatoms. The van der Waals surface area contributed by atoms with Gasteiger partial charge in [-0.05, 0) is 18.2 Å². The fraction of sp³-hybridized carbons (Fsp3) is 0.0625. The standard InChI is InChI=1S/C16H15N3/c1-19-11-12(13-6-2-5-9-16(13)19)10-18-15-8-4-3-7-14(15)17/h2-11H,17H2,1H3. The Hall–Kier alpha value is -2.55. The molecule has 3 nitrogen and oxygen atoms in total. The fourth-order valence-electron chi connectivity index (χ4n) is 2.22. The van der Waals surface area contributed by atoms with Crippen molar-refractivity contribution in [1.29, 1.82) is 0 Å². The number of rotatable bonds is 2. The van der Waals surface area contributed by atoms with Crippen LogP contribution < -0.4 is 5.73 Å². The summed E-state index contributed by atoms with van der Waals surface area (Å²) >= 11 is 0. The molecule has 3 rings (SSSR count). The smallest absolute Gasteiger partial charge is 0.0859 e. The molecule has 0 aliphatic carbocycles. The van der Waals surface area contributed by atoms with Crippen molar-refractivity contribution in [2.75, 3.05) is 5.73 Å². The Morgan fingerprint density at radius 3 is 2.63 bits per heavy atom. The van der Waals surface area contributed by atoms with Crippen molar-refractivity contribution in [3.63, 3.8) is 0 Å². The van der Waals surface area contributed by atoms with E-state index in [0.717, 1.165) is 11.3 Å². The molecule has 94 valence electrons. The van der Waals surface area contributed by atoms with Crippen molar-refractivity contribution in [1.82, 2.24) is 4.57 Å². The summed E-state index contributed by atoms with van der Waals surface area (Å²) in [5, 5.41) is 1.20. The second-order valence-corrected chi connectivity index (χ2v) is 4.53. The number of anilines is 1. The maximum atomic E-state index is 5.88. The summed E-state index contributed by atoms with van der Waals surface area (Å²) in [6, 6.07) is 15.9. The lowest BCUT2D eigenvalue weighted by Crippen LogP contribution is -1.85. The highest BCUT2D eigenvalue weighted by Gasteiger charge is 2.03. The molecule has 19 heavy (non-hydrogen) atoms. The van der Waals surface area contributed by atoms with Crippen molar-refractivity contribution in [2.45, 2.75) is 0 Å². The summed E-state index contributed by atoms with van der Waals surface area (Å²) in [6.45, 7) is 0. The molecule has 2 aromatic carbocycles. The van der Waals surface area contributed by atoms with Crippen LogP contribution in [0.5, 0.6) is 0 Å². The monoisotopic (exact) mass is 249 g/mol. The van der Waals surface area contributed by atoms with E-state index in [2.05, 4.69) is 27.9 Å². The molecule has 0 atom stereocenters. The highest BCUT2D eigenvalue weighted by atomic mass is 14.9. The lowest BCUT2D eigenvalue weighted by atomic mass is 10.2. The van der Waals surface area contributed by atoms with Crippen LogP contribution in [0.3, 0.4) is 0 Å². The minimum Gasteiger partial charge on any atom is -0.397 e. The Morgan fingerprint density at radius 1 is 1.05 bits per heavy atom. The van der Waals surface area contributed by atoms with Gasteiger partial charge in [0, 0.05) is 35.9 Å². The number of benzene rings is 2. The van der Waals surface area contributed by atoms with Crippen LogP contribution in [0.2, 0.25) is 0 Å². The zero-order valence-electron chi connectivity index (χ0n) is 10.7. The Bertz CT molecular complexity index is 754. The molecule has 0 bridgehead atoms.